The molecule has 0 aromatic rings. The fourth-order valence-corrected chi connectivity index (χ4v) is 3.31. The van der Waals surface area contributed by atoms with E-state index in [9.17, 15) is 24.0 Å². The molecule has 0 saturated carbocycles. The highest BCUT2D eigenvalue weighted by Gasteiger charge is 2.26. The van der Waals surface area contributed by atoms with Crippen molar-refractivity contribution in [3.05, 3.63) is 0 Å². The Bertz CT molecular complexity index is 568. The summed E-state index contributed by atoms with van der Waals surface area (Å²) in [6.45, 7) is 5.23. The van der Waals surface area contributed by atoms with E-state index in [1.807, 2.05) is 0 Å². The van der Waals surface area contributed by atoms with Gasteiger partial charge >= 0.3 is 11.9 Å². The monoisotopic (exact) mass is 426 g/mol. The third-order valence-corrected chi connectivity index (χ3v) is 5.18. The fourth-order valence-electron chi connectivity index (χ4n) is 3.31. The molecule has 0 spiro atoms. The largest absolute Gasteiger partial charge is 0.481 e. The Labute approximate surface area is 179 Å². The molecule has 0 rings (SSSR count). The predicted octanol–water partition coefficient (Wildman–Crippen LogP) is 4.29. The molecule has 0 amide bonds. The number of unbranched alkanes of at least 4 members (excludes halogenated alkanes) is 5. The first-order chi connectivity index (χ1) is 14.2. The number of rotatable bonds is 19. The Hall–Kier alpha value is -2.05. The van der Waals surface area contributed by atoms with Crippen LogP contribution in [0.4, 0.5) is 0 Å². The maximum atomic E-state index is 12.6. The van der Waals surface area contributed by atoms with Crippen LogP contribution < -0.4 is 0 Å². The number of carboxylic acid groups (broad SMARTS) is 1. The molecule has 0 saturated heterocycles. The molecule has 0 bridgehead atoms. The molecule has 172 valence electrons. The lowest BCUT2D eigenvalue weighted by atomic mass is 9.85. The zero-order valence-corrected chi connectivity index (χ0v) is 18.7. The lowest BCUT2D eigenvalue weighted by molar-refractivity contribution is -0.145. The third kappa shape index (κ3) is 14.9. The minimum atomic E-state index is -1.03. The molecule has 0 radical (unpaired) electrons. The molecule has 0 fully saturated rings. The Morgan fingerprint density at radius 1 is 0.800 bits per heavy atom. The average Bonchev–Trinajstić information content (AvgIpc) is 2.66. The Morgan fingerprint density at radius 2 is 1.40 bits per heavy atom. The van der Waals surface area contributed by atoms with Gasteiger partial charge in [0.05, 0.1) is 6.61 Å². The molecule has 7 nitrogen and oxygen atoms in total. The molecule has 1 N–H and O–H groups in total. The summed E-state index contributed by atoms with van der Waals surface area (Å²) in [7, 11) is 0. The summed E-state index contributed by atoms with van der Waals surface area (Å²) in [6.07, 6.45) is 6.57. The molecule has 30 heavy (non-hydrogen) atoms. The van der Waals surface area contributed by atoms with Crippen molar-refractivity contribution in [2.75, 3.05) is 6.61 Å². The van der Waals surface area contributed by atoms with E-state index < -0.39 is 17.8 Å². The smallest absolute Gasteiger partial charge is 0.305 e. The van der Waals surface area contributed by atoms with Crippen LogP contribution in [0, 0.1) is 11.8 Å². The van der Waals surface area contributed by atoms with Crippen LogP contribution in [0.1, 0.15) is 97.8 Å². The number of hydrogen-bond donors (Lipinski definition) is 1. The van der Waals surface area contributed by atoms with Gasteiger partial charge in [-0.15, -0.1) is 0 Å². The number of aliphatic carboxylic acids is 1. The normalized spacial score (nSPS) is 12.8. The second-order valence-electron chi connectivity index (χ2n) is 8.04. The lowest BCUT2D eigenvalue weighted by Gasteiger charge is -2.18. The van der Waals surface area contributed by atoms with Gasteiger partial charge in [-0.2, -0.15) is 0 Å². The lowest BCUT2D eigenvalue weighted by Crippen LogP contribution is -2.25. The molecule has 0 aliphatic rings. The maximum absolute atomic E-state index is 12.6. The molecular weight excluding hydrogens is 388 g/mol. The number of esters is 1. The maximum Gasteiger partial charge on any atom is 0.305 e. The van der Waals surface area contributed by atoms with Gasteiger partial charge in [-0.1, -0.05) is 39.0 Å². The first-order valence-corrected chi connectivity index (χ1v) is 11.1. The molecule has 0 aliphatic carbocycles. The fraction of sp³-hybridized carbons (Fsp3) is 0.783. The zero-order valence-electron chi connectivity index (χ0n) is 18.7. The van der Waals surface area contributed by atoms with Gasteiger partial charge in [0, 0.05) is 37.5 Å². The number of carbonyl (C=O) groups is 5. The first kappa shape index (κ1) is 27.9. The van der Waals surface area contributed by atoms with Gasteiger partial charge in [-0.25, -0.2) is 0 Å². The van der Waals surface area contributed by atoms with E-state index in [4.69, 9.17) is 9.84 Å². The second kappa shape index (κ2) is 16.7. The van der Waals surface area contributed by atoms with Crippen LogP contribution in [0.2, 0.25) is 0 Å². The van der Waals surface area contributed by atoms with Gasteiger partial charge in [0.25, 0.3) is 0 Å². The summed E-state index contributed by atoms with van der Waals surface area (Å²) in [5.74, 6) is -3.44. The van der Waals surface area contributed by atoms with Crippen molar-refractivity contribution < 1.29 is 33.8 Å². The van der Waals surface area contributed by atoms with E-state index in [1.54, 1.807) is 0 Å². The van der Waals surface area contributed by atoms with Crippen molar-refractivity contribution in [1.82, 2.24) is 0 Å². The van der Waals surface area contributed by atoms with Gasteiger partial charge < -0.3 is 14.6 Å². The van der Waals surface area contributed by atoms with E-state index in [0.717, 1.165) is 19.3 Å². The van der Waals surface area contributed by atoms with Crippen LogP contribution >= 0.6 is 0 Å². The molecule has 0 aliphatic heterocycles. The van der Waals surface area contributed by atoms with E-state index >= 15 is 0 Å². The Kier molecular flexibility index (Phi) is 15.6. The van der Waals surface area contributed by atoms with Gasteiger partial charge in [-0.05, 0) is 33.1 Å². The summed E-state index contributed by atoms with van der Waals surface area (Å²) in [5, 5.41) is 8.80. The van der Waals surface area contributed by atoms with Crippen LogP contribution in [-0.4, -0.2) is 41.0 Å². The molecular formula is C23H38O7. The summed E-state index contributed by atoms with van der Waals surface area (Å²) >= 11 is 0. The summed E-state index contributed by atoms with van der Waals surface area (Å²) < 4.78 is 5.21. The van der Waals surface area contributed by atoms with E-state index in [-0.39, 0.29) is 61.8 Å². The van der Waals surface area contributed by atoms with E-state index in [1.165, 1.54) is 33.1 Å². The van der Waals surface area contributed by atoms with Crippen LogP contribution in [0.3, 0.4) is 0 Å². The number of ketones is 3. The van der Waals surface area contributed by atoms with Gasteiger partial charge in [0.15, 0.2) is 0 Å². The minimum Gasteiger partial charge on any atom is -0.481 e. The third-order valence-electron chi connectivity index (χ3n) is 5.18. The number of ether oxygens (including phenoxy) is 1. The number of carbonyl (C=O) groups excluding carboxylic acids is 4. The molecule has 2 atom stereocenters. The van der Waals surface area contributed by atoms with Crippen molar-refractivity contribution in [3.63, 3.8) is 0 Å². The standard InChI is InChI=1S/C23H38O7/c1-4-5-6-7-8-9-14-30-23(29)13-11-20(15-17(2)24)21(26)16-19(18(3)25)10-12-22(27)28/h19-20H,4-16H2,1-3H3,(H,27,28). The highest BCUT2D eigenvalue weighted by Crippen LogP contribution is 2.22. The second-order valence-corrected chi connectivity index (χ2v) is 8.04. The zero-order chi connectivity index (χ0) is 22.9. The van der Waals surface area contributed by atoms with Gasteiger partial charge in [0.2, 0.25) is 0 Å². The van der Waals surface area contributed by atoms with Crippen LogP contribution in [0.15, 0.2) is 0 Å². The van der Waals surface area contributed by atoms with Crippen molar-refractivity contribution in [2.45, 2.75) is 97.8 Å². The summed E-state index contributed by atoms with van der Waals surface area (Å²) in [4.78, 5) is 58.6. The quantitative estimate of drug-likeness (QED) is 0.242. The summed E-state index contributed by atoms with van der Waals surface area (Å²) in [6, 6.07) is 0. The van der Waals surface area contributed by atoms with Crippen molar-refractivity contribution in [3.8, 4) is 0 Å². The molecule has 7 heteroatoms. The van der Waals surface area contributed by atoms with Gasteiger partial charge in [0.1, 0.15) is 17.3 Å². The van der Waals surface area contributed by atoms with Crippen LogP contribution in [0.5, 0.6) is 0 Å². The van der Waals surface area contributed by atoms with Crippen LogP contribution in [0.25, 0.3) is 0 Å². The summed E-state index contributed by atoms with van der Waals surface area (Å²) in [5.41, 5.74) is 0. The Morgan fingerprint density at radius 3 is 1.97 bits per heavy atom. The van der Waals surface area contributed by atoms with Crippen molar-refractivity contribution in [2.24, 2.45) is 11.8 Å². The highest BCUT2D eigenvalue weighted by atomic mass is 16.5. The molecule has 0 heterocycles. The first-order valence-electron chi connectivity index (χ1n) is 11.1. The predicted molar refractivity (Wildman–Crippen MR) is 113 cm³/mol. The van der Waals surface area contributed by atoms with Crippen molar-refractivity contribution in [1.29, 1.82) is 0 Å². The average molecular weight is 427 g/mol. The topological polar surface area (TPSA) is 115 Å². The van der Waals surface area contributed by atoms with Gasteiger partial charge in [-0.3, -0.25) is 19.2 Å². The number of hydrogen-bond acceptors (Lipinski definition) is 6. The molecule has 2 unspecified atom stereocenters. The van der Waals surface area contributed by atoms with Crippen LogP contribution in [-0.2, 0) is 28.7 Å². The SMILES string of the molecule is CCCCCCCCOC(=O)CCC(CC(C)=O)C(=O)CC(CCC(=O)O)C(C)=O. The van der Waals surface area contributed by atoms with E-state index in [0.29, 0.717) is 6.61 Å². The highest BCUT2D eigenvalue weighted by molar-refractivity contribution is 5.91. The number of Topliss-reactive ketones (excluding diaryl/α,β-unsaturated/α-hetero) is 3. The molecule has 0 aromatic carbocycles. The van der Waals surface area contributed by atoms with Crippen molar-refractivity contribution >= 4 is 29.3 Å². The molecule has 0 aromatic heterocycles. The minimum absolute atomic E-state index is 0.00704. The Balaban J connectivity index is 4.49. The number of carboxylic acids is 1. The van der Waals surface area contributed by atoms with E-state index in [2.05, 4.69) is 6.92 Å².